The van der Waals surface area contributed by atoms with E-state index in [4.69, 9.17) is 4.74 Å². The summed E-state index contributed by atoms with van der Waals surface area (Å²) in [5.74, 6) is -6.36. The molecule has 0 N–H and O–H groups in total. The summed E-state index contributed by atoms with van der Waals surface area (Å²) in [5.41, 5.74) is 0.951. The molecule has 0 aliphatic heterocycles. The lowest BCUT2D eigenvalue weighted by Gasteiger charge is -2.12. The Balaban J connectivity index is 1.39. The first-order valence-electron chi connectivity index (χ1n) is 14.0. The Hall–Kier alpha value is -3.82. The zero-order chi connectivity index (χ0) is 31.1. The summed E-state index contributed by atoms with van der Waals surface area (Å²) in [5, 5.41) is 0.836. The topological polar surface area (TPSA) is 18.5 Å². The first kappa shape index (κ1) is 32.1. The lowest BCUT2D eigenvalue weighted by Crippen LogP contribution is -2.19. The SMILES string of the molecule is CCCCCCOc1cc(F)c(CCc2ccc3c(F)c(CCc4cc(F)c(OC(F)(F)F)c(F)c4)ccc3c2)c(F)c1. The average molecular weight is 611 g/mol. The van der Waals surface area contributed by atoms with Crippen molar-refractivity contribution in [3.05, 3.63) is 106 Å². The quantitative estimate of drug-likeness (QED) is 0.111. The van der Waals surface area contributed by atoms with Crippen LogP contribution in [0.25, 0.3) is 10.8 Å². The Morgan fingerprint density at radius 1 is 0.651 bits per heavy atom. The lowest BCUT2D eigenvalue weighted by molar-refractivity contribution is -0.276. The second-order valence-electron chi connectivity index (χ2n) is 10.3. The highest BCUT2D eigenvalue weighted by Gasteiger charge is 2.34. The van der Waals surface area contributed by atoms with Crippen LogP contribution in [0.1, 0.15) is 54.9 Å². The van der Waals surface area contributed by atoms with Crippen LogP contribution in [-0.2, 0) is 25.7 Å². The second kappa shape index (κ2) is 14.1. The van der Waals surface area contributed by atoms with Crippen LogP contribution in [-0.4, -0.2) is 13.0 Å². The van der Waals surface area contributed by atoms with E-state index in [0.29, 0.717) is 18.4 Å². The van der Waals surface area contributed by atoms with Crippen molar-refractivity contribution in [1.82, 2.24) is 0 Å². The van der Waals surface area contributed by atoms with E-state index in [-0.39, 0.29) is 47.1 Å². The van der Waals surface area contributed by atoms with Crippen LogP contribution in [0.4, 0.5) is 35.1 Å². The van der Waals surface area contributed by atoms with Gasteiger partial charge in [-0.1, -0.05) is 56.5 Å². The molecule has 0 heterocycles. The van der Waals surface area contributed by atoms with Crippen molar-refractivity contribution in [1.29, 1.82) is 0 Å². The Morgan fingerprint density at radius 2 is 1.33 bits per heavy atom. The number of rotatable bonds is 13. The predicted molar refractivity (Wildman–Crippen MR) is 148 cm³/mol. The van der Waals surface area contributed by atoms with Crippen LogP contribution in [0.15, 0.2) is 54.6 Å². The van der Waals surface area contributed by atoms with Gasteiger partial charge in [-0.15, -0.1) is 13.2 Å². The minimum atomic E-state index is -5.25. The second-order valence-corrected chi connectivity index (χ2v) is 10.3. The molecule has 43 heavy (non-hydrogen) atoms. The molecule has 0 aromatic heterocycles. The highest BCUT2D eigenvalue weighted by atomic mass is 19.4. The number of hydrogen-bond acceptors (Lipinski definition) is 2. The van der Waals surface area contributed by atoms with Crippen LogP contribution in [0, 0.1) is 29.1 Å². The van der Waals surface area contributed by atoms with Crippen molar-refractivity contribution in [3.63, 3.8) is 0 Å². The maximum absolute atomic E-state index is 15.3. The van der Waals surface area contributed by atoms with Crippen molar-refractivity contribution in [2.45, 2.75) is 64.7 Å². The molecule has 4 aromatic rings. The number of fused-ring (bicyclic) bond motifs is 1. The van der Waals surface area contributed by atoms with Crippen LogP contribution >= 0.6 is 0 Å². The van der Waals surface area contributed by atoms with E-state index < -0.39 is 41.2 Å². The Morgan fingerprint density at radius 3 is 1.98 bits per heavy atom. The molecule has 0 unspecified atom stereocenters. The van der Waals surface area contributed by atoms with Crippen LogP contribution < -0.4 is 9.47 Å². The maximum Gasteiger partial charge on any atom is 0.573 e. The molecule has 2 nitrogen and oxygen atoms in total. The number of alkyl halides is 3. The molecule has 0 aliphatic rings. The molecule has 230 valence electrons. The molecular formula is C33H30F8O2. The van der Waals surface area contributed by atoms with Crippen molar-refractivity contribution >= 4 is 10.8 Å². The largest absolute Gasteiger partial charge is 0.573 e. The molecule has 0 spiro atoms. The lowest BCUT2D eigenvalue weighted by atomic mass is 9.97. The van der Waals surface area contributed by atoms with Crippen molar-refractivity contribution in [2.75, 3.05) is 6.61 Å². The summed E-state index contributed by atoms with van der Waals surface area (Å²) in [4.78, 5) is 0. The van der Waals surface area contributed by atoms with Gasteiger partial charge in [-0.3, -0.25) is 0 Å². The number of unbranched alkanes of at least 4 members (excludes halogenated alkanes) is 3. The minimum Gasteiger partial charge on any atom is -0.493 e. The fraction of sp³-hybridized carbons (Fsp3) is 0.333. The van der Waals surface area contributed by atoms with Gasteiger partial charge in [0.1, 0.15) is 23.2 Å². The molecule has 0 aliphatic carbocycles. The van der Waals surface area contributed by atoms with Gasteiger partial charge in [0.25, 0.3) is 0 Å². The summed E-state index contributed by atoms with van der Waals surface area (Å²) in [6, 6.07) is 11.9. The minimum absolute atomic E-state index is 0.0267. The van der Waals surface area contributed by atoms with E-state index in [2.05, 4.69) is 11.7 Å². The third-order valence-electron chi connectivity index (χ3n) is 7.10. The first-order chi connectivity index (χ1) is 20.4. The fourth-order valence-corrected chi connectivity index (χ4v) is 4.87. The molecule has 0 radical (unpaired) electrons. The van der Waals surface area contributed by atoms with E-state index >= 15 is 4.39 Å². The molecule has 0 bridgehead atoms. The number of hydrogen-bond donors (Lipinski definition) is 0. The molecule has 0 atom stereocenters. The van der Waals surface area contributed by atoms with Gasteiger partial charge in [-0.05, 0) is 66.3 Å². The highest BCUT2D eigenvalue weighted by molar-refractivity contribution is 5.84. The summed E-state index contributed by atoms with van der Waals surface area (Å²) >= 11 is 0. The molecule has 0 saturated carbocycles. The standard InChI is InChI=1S/C33H30F8O2/c1-2-3-4-5-14-42-24-18-27(34)26(28(35)19-24)13-8-20-7-12-25-23(15-20)11-10-22(31(25)38)9-6-21-16-29(36)32(30(37)17-21)43-33(39,40)41/h7,10-12,15-19H,2-6,8-9,13-14H2,1H3. The van der Waals surface area contributed by atoms with Crippen molar-refractivity contribution in [2.24, 2.45) is 0 Å². The van der Waals surface area contributed by atoms with E-state index in [9.17, 15) is 30.7 Å². The molecule has 4 rings (SSSR count). The zero-order valence-electron chi connectivity index (χ0n) is 23.4. The molecular weight excluding hydrogens is 580 g/mol. The average Bonchev–Trinajstić information content (AvgIpc) is 2.93. The Labute approximate surface area is 244 Å². The van der Waals surface area contributed by atoms with Gasteiger partial charge < -0.3 is 9.47 Å². The molecule has 4 aromatic carbocycles. The molecule has 0 saturated heterocycles. The van der Waals surface area contributed by atoms with Crippen LogP contribution in [0.2, 0.25) is 0 Å². The van der Waals surface area contributed by atoms with E-state index in [0.717, 1.165) is 43.4 Å². The van der Waals surface area contributed by atoms with Gasteiger partial charge in [0.2, 0.25) is 5.75 Å². The van der Waals surface area contributed by atoms with Crippen LogP contribution in [0.5, 0.6) is 11.5 Å². The fourth-order valence-electron chi connectivity index (χ4n) is 4.87. The summed E-state index contributed by atoms with van der Waals surface area (Å²) in [6.07, 6.45) is -0.942. The van der Waals surface area contributed by atoms with E-state index in [1.54, 1.807) is 24.3 Å². The predicted octanol–water partition coefficient (Wildman–Crippen LogP) is 9.96. The third kappa shape index (κ3) is 8.61. The van der Waals surface area contributed by atoms with Crippen molar-refractivity contribution in [3.8, 4) is 11.5 Å². The summed E-state index contributed by atoms with van der Waals surface area (Å²) < 4.78 is 119. The Bertz CT molecular complexity index is 1520. The maximum atomic E-state index is 15.3. The number of benzene rings is 4. The van der Waals surface area contributed by atoms with Gasteiger partial charge in [0.05, 0.1) is 6.61 Å². The first-order valence-corrected chi connectivity index (χ1v) is 14.0. The smallest absolute Gasteiger partial charge is 0.493 e. The number of aryl methyl sites for hydroxylation is 3. The summed E-state index contributed by atoms with van der Waals surface area (Å²) in [6.45, 7) is 2.48. The zero-order valence-corrected chi connectivity index (χ0v) is 23.4. The van der Waals surface area contributed by atoms with Gasteiger partial charge >= 0.3 is 6.36 Å². The Kier molecular flexibility index (Phi) is 10.5. The number of halogens is 8. The van der Waals surface area contributed by atoms with Crippen LogP contribution in [0.3, 0.4) is 0 Å². The van der Waals surface area contributed by atoms with E-state index in [1.165, 1.54) is 18.2 Å². The highest BCUT2D eigenvalue weighted by Crippen LogP contribution is 2.31. The van der Waals surface area contributed by atoms with E-state index in [1.807, 2.05) is 0 Å². The van der Waals surface area contributed by atoms with Gasteiger partial charge in [-0.25, -0.2) is 22.0 Å². The normalized spacial score (nSPS) is 11.7. The number of ether oxygens (including phenoxy) is 2. The molecule has 10 heteroatoms. The van der Waals surface area contributed by atoms with Gasteiger partial charge in [-0.2, -0.15) is 0 Å². The van der Waals surface area contributed by atoms with Crippen molar-refractivity contribution < 1.29 is 44.6 Å². The summed E-state index contributed by atoms with van der Waals surface area (Å²) in [7, 11) is 0. The molecule has 0 amide bonds. The van der Waals surface area contributed by atoms with Gasteiger partial charge in [0.15, 0.2) is 11.6 Å². The molecule has 0 fully saturated rings. The third-order valence-corrected chi connectivity index (χ3v) is 7.10. The monoisotopic (exact) mass is 610 g/mol. The van der Waals surface area contributed by atoms with Gasteiger partial charge in [0, 0.05) is 23.1 Å².